The summed E-state index contributed by atoms with van der Waals surface area (Å²) in [7, 11) is 0. The predicted molar refractivity (Wildman–Crippen MR) is 59.8 cm³/mol. The Morgan fingerprint density at radius 3 is 2.60 bits per heavy atom. The molecule has 0 atom stereocenters. The van der Waals surface area contributed by atoms with Crippen molar-refractivity contribution in [2.24, 2.45) is 0 Å². The minimum absolute atomic E-state index is 0.183. The number of hydrogen-bond acceptors (Lipinski definition) is 3. The molecule has 0 aliphatic heterocycles. The van der Waals surface area contributed by atoms with Crippen molar-refractivity contribution in [1.82, 2.24) is 4.98 Å². The van der Waals surface area contributed by atoms with Gasteiger partial charge in [0.15, 0.2) is 0 Å². The van der Waals surface area contributed by atoms with Gasteiger partial charge in [0, 0.05) is 19.3 Å². The lowest BCUT2D eigenvalue weighted by atomic mass is 10.2. The van der Waals surface area contributed by atoms with Crippen LogP contribution in [0.1, 0.15) is 24.2 Å². The maximum absolute atomic E-state index is 11.0. The van der Waals surface area contributed by atoms with Crippen molar-refractivity contribution in [3.8, 4) is 0 Å². The van der Waals surface area contributed by atoms with Crippen LogP contribution in [0.5, 0.6) is 0 Å². The smallest absolute Gasteiger partial charge is 0.339 e. The average Bonchev–Trinajstić information content (AvgIpc) is 2.19. The van der Waals surface area contributed by atoms with Crippen LogP contribution in [-0.4, -0.2) is 29.1 Å². The van der Waals surface area contributed by atoms with E-state index in [9.17, 15) is 4.79 Å². The summed E-state index contributed by atoms with van der Waals surface area (Å²) in [4.78, 5) is 16.7. The number of halogens is 1. The topological polar surface area (TPSA) is 53.4 Å². The third-order valence-electron chi connectivity index (χ3n) is 2.18. The van der Waals surface area contributed by atoms with Crippen LogP contribution in [0.2, 0.25) is 5.15 Å². The summed E-state index contributed by atoms with van der Waals surface area (Å²) in [6, 6.07) is 1.58. The van der Waals surface area contributed by atoms with Gasteiger partial charge in [-0.2, -0.15) is 0 Å². The first-order chi connectivity index (χ1) is 7.10. The lowest BCUT2D eigenvalue weighted by Gasteiger charge is -2.22. The van der Waals surface area contributed by atoms with Crippen LogP contribution in [0, 0.1) is 0 Å². The molecule has 1 aromatic heterocycles. The molecule has 0 saturated carbocycles. The van der Waals surface area contributed by atoms with E-state index in [1.807, 2.05) is 18.7 Å². The third-order valence-corrected chi connectivity index (χ3v) is 2.39. The molecule has 0 amide bonds. The number of pyridine rings is 1. The minimum Gasteiger partial charge on any atom is -0.478 e. The van der Waals surface area contributed by atoms with E-state index in [0.29, 0.717) is 10.8 Å². The Bertz CT molecular complexity index is 364. The summed E-state index contributed by atoms with van der Waals surface area (Å²) in [5.41, 5.74) is 0.801. The van der Waals surface area contributed by atoms with Crippen molar-refractivity contribution in [2.45, 2.75) is 13.8 Å². The highest BCUT2D eigenvalue weighted by Gasteiger charge is 2.15. The van der Waals surface area contributed by atoms with Gasteiger partial charge in [0.2, 0.25) is 0 Å². The molecule has 1 aromatic rings. The second-order valence-electron chi connectivity index (χ2n) is 3.00. The van der Waals surface area contributed by atoms with Crippen molar-refractivity contribution in [2.75, 3.05) is 18.0 Å². The highest BCUT2D eigenvalue weighted by Crippen LogP contribution is 2.22. The molecule has 1 heterocycles. The maximum atomic E-state index is 11.0. The van der Waals surface area contributed by atoms with E-state index < -0.39 is 5.97 Å². The van der Waals surface area contributed by atoms with Gasteiger partial charge in [0.25, 0.3) is 0 Å². The molecule has 82 valence electrons. The molecule has 0 bridgehead atoms. The average molecular weight is 229 g/mol. The minimum atomic E-state index is -0.985. The van der Waals surface area contributed by atoms with Crippen LogP contribution in [-0.2, 0) is 0 Å². The maximum Gasteiger partial charge on any atom is 0.339 e. The zero-order chi connectivity index (χ0) is 11.4. The summed E-state index contributed by atoms with van der Waals surface area (Å²) in [5.74, 6) is -0.985. The summed E-state index contributed by atoms with van der Waals surface area (Å²) < 4.78 is 0. The van der Waals surface area contributed by atoms with Gasteiger partial charge in [0.05, 0.1) is 5.69 Å². The Morgan fingerprint density at radius 2 is 2.13 bits per heavy atom. The number of carbonyl (C=O) groups is 1. The van der Waals surface area contributed by atoms with Gasteiger partial charge in [0.1, 0.15) is 10.7 Å². The van der Waals surface area contributed by atoms with Gasteiger partial charge in [-0.25, -0.2) is 9.78 Å². The number of carboxylic acid groups (broad SMARTS) is 1. The van der Waals surface area contributed by atoms with E-state index in [2.05, 4.69) is 4.98 Å². The van der Waals surface area contributed by atoms with Gasteiger partial charge in [-0.15, -0.1) is 0 Å². The van der Waals surface area contributed by atoms with E-state index in [0.717, 1.165) is 13.1 Å². The van der Waals surface area contributed by atoms with Crippen LogP contribution < -0.4 is 4.90 Å². The van der Waals surface area contributed by atoms with Crippen LogP contribution in [0.15, 0.2) is 12.3 Å². The van der Waals surface area contributed by atoms with Gasteiger partial charge < -0.3 is 10.0 Å². The van der Waals surface area contributed by atoms with E-state index in [-0.39, 0.29) is 5.56 Å². The molecule has 4 nitrogen and oxygen atoms in total. The van der Waals surface area contributed by atoms with Crippen molar-refractivity contribution in [3.05, 3.63) is 23.0 Å². The summed E-state index contributed by atoms with van der Waals surface area (Å²) in [6.45, 7) is 5.39. The number of carboxylic acids is 1. The Morgan fingerprint density at radius 1 is 1.53 bits per heavy atom. The molecule has 0 radical (unpaired) electrons. The van der Waals surface area contributed by atoms with Gasteiger partial charge >= 0.3 is 5.97 Å². The zero-order valence-corrected chi connectivity index (χ0v) is 9.45. The van der Waals surface area contributed by atoms with Crippen LogP contribution in [0.25, 0.3) is 0 Å². The first-order valence-corrected chi connectivity index (χ1v) is 5.11. The predicted octanol–water partition coefficient (Wildman–Crippen LogP) is 2.28. The van der Waals surface area contributed by atoms with Gasteiger partial charge in [-0.3, -0.25) is 0 Å². The number of nitrogens with zero attached hydrogens (tertiary/aromatic N) is 2. The number of hydrogen-bond donors (Lipinski definition) is 1. The van der Waals surface area contributed by atoms with Gasteiger partial charge in [-0.1, -0.05) is 11.6 Å². The second-order valence-corrected chi connectivity index (χ2v) is 3.39. The quantitative estimate of drug-likeness (QED) is 0.804. The molecule has 0 aromatic carbocycles. The molecule has 1 rings (SSSR count). The van der Waals surface area contributed by atoms with Gasteiger partial charge in [-0.05, 0) is 19.9 Å². The van der Waals surface area contributed by atoms with Crippen molar-refractivity contribution < 1.29 is 9.90 Å². The summed E-state index contributed by atoms with van der Waals surface area (Å²) >= 11 is 5.75. The molecule has 0 fully saturated rings. The van der Waals surface area contributed by atoms with E-state index >= 15 is 0 Å². The highest BCUT2D eigenvalue weighted by molar-refractivity contribution is 6.29. The van der Waals surface area contributed by atoms with E-state index in [1.54, 1.807) is 6.07 Å². The second kappa shape index (κ2) is 4.98. The molecule has 0 spiro atoms. The number of rotatable bonds is 4. The number of aromatic nitrogens is 1. The fourth-order valence-corrected chi connectivity index (χ4v) is 1.56. The molecular weight excluding hydrogens is 216 g/mol. The first-order valence-electron chi connectivity index (χ1n) is 4.73. The lowest BCUT2D eigenvalue weighted by molar-refractivity contribution is 0.0697. The third kappa shape index (κ3) is 2.59. The SMILES string of the molecule is CCN(CC)c1cc(Cl)ncc1C(=O)O. The zero-order valence-electron chi connectivity index (χ0n) is 8.70. The highest BCUT2D eigenvalue weighted by atomic mass is 35.5. The van der Waals surface area contributed by atoms with Crippen LogP contribution in [0.4, 0.5) is 5.69 Å². The standard InChI is InChI=1S/C10H13ClN2O2/c1-3-13(4-2)8-5-9(11)12-6-7(8)10(14)15/h5-6H,3-4H2,1-2H3,(H,14,15). The molecule has 0 aliphatic rings. The molecule has 0 aliphatic carbocycles. The lowest BCUT2D eigenvalue weighted by Crippen LogP contribution is -2.24. The van der Waals surface area contributed by atoms with Crippen molar-refractivity contribution in [1.29, 1.82) is 0 Å². The normalized spacial score (nSPS) is 10.1. The molecule has 0 unspecified atom stereocenters. The fraction of sp³-hybridized carbons (Fsp3) is 0.400. The Kier molecular flexibility index (Phi) is 3.91. The first kappa shape index (κ1) is 11.8. The van der Waals surface area contributed by atoms with E-state index in [1.165, 1.54) is 6.20 Å². The fourth-order valence-electron chi connectivity index (χ4n) is 1.41. The van der Waals surface area contributed by atoms with Crippen LogP contribution >= 0.6 is 11.6 Å². The summed E-state index contributed by atoms with van der Waals surface area (Å²) in [6.07, 6.45) is 1.29. The van der Waals surface area contributed by atoms with Crippen molar-refractivity contribution >= 4 is 23.3 Å². The molecule has 15 heavy (non-hydrogen) atoms. The molecular formula is C10H13ClN2O2. The number of aromatic carboxylic acids is 1. The number of anilines is 1. The summed E-state index contributed by atoms with van der Waals surface area (Å²) in [5, 5.41) is 9.29. The monoisotopic (exact) mass is 228 g/mol. The van der Waals surface area contributed by atoms with E-state index in [4.69, 9.17) is 16.7 Å². The van der Waals surface area contributed by atoms with Crippen LogP contribution in [0.3, 0.4) is 0 Å². The Hall–Kier alpha value is -1.29. The largest absolute Gasteiger partial charge is 0.478 e. The Balaban J connectivity index is 3.22. The molecule has 5 heteroatoms. The molecule has 1 N–H and O–H groups in total. The van der Waals surface area contributed by atoms with Crippen molar-refractivity contribution in [3.63, 3.8) is 0 Å². The Labute approximate surface area is 93.5 Å². The molecule has 0 saturated heterocycles.